The Labute approximate surface area is 91.3 Å². The number of hydrogen-bond donors (Lipinski definition) is 1. The van der Waals surface area contributed by atoms with Crippen LogP contribution in [0, 0.1) is 13.8 Å². The van der Waals surface area contributed by atoms with Crippen LogP contribution in [0.5, 0.6) is 0 Å². The second kappa shape index (κ2) is 3.28. The summed E-state index contributed by atoms with van der Waals surface area (Å²) in [7, 11) is 0. The molecule has 0 unspecified atom stereocenters. The minimum Gasteiger partial charge on any atom is -0.478 e. The zero-order chi connectivity index (χ0) is 11.2. The number of aryl methyl sites for hydroxylation is 2. The minimum absolute atomic E-state index is 0.177. The van der Waals surface area contributed by atoms with Crippen LogP contribution in [-0.2, 0) is 0 Å². The molecule has 4 heteroatoms. The molecule has 0 aliphatic carbocycles. The van der Waals surface area contributed by atoms with E-state index in [0.29, 0.717) is 10.6 Å². The third-order valence-corrected chi connectivity index (χ3v) is 2.76. The van der Waals surface area contributed by atoms with Crippen molar-refractivity contribution in [2.75, 3.05) is 0 Å². The van der Waals surface area contributed by atoms with Gasteiger partial charge in [-0.2, -0.15) is 0 Å². The highest BCUT2D eigenvalue weighted by Gasteiger charge is 2.14. The summed E-state index contributed by atoms with van der Waals surface area (Å²) in [5.74, 6) is -0.230. The first kappa shape index (κ1) is 10.1. The van der Waals surface area contributed by atoms with Crippen molar-refractivity contribution in [2.45, 2.75) is 13.8 Å². The number of carbonyl (C=O) groups is 1. The van der Waals surface area contributed by atoms with E-state index in [4.69, 9.17) is 21.1 Å². The number of rotatable bonds is 1. The maximum absolute atomic E-state index is 10.8. The molecule has 3 nitrogen and oxygen atoms in total. The maximum atomic E-state index is 10.8. The van der Waals surface area contributed by atoms with Crippen LogP contribution in [0.2, 0.25) is 5.02 Å². The van der Waals surface area contributed by atoms with Crippen molar-refractivity contribution in [3.8, 4) is 0 Å². The molecule has 0 spiro atoms. The van der Waals surface area contributed by atoms with E-state index >= 15 is 0 Å². The fraction of sp³-hybridized carbons (Fsp3) is 0.182. The van der Waals surface area contributed by atoms with E-state index in [2.05, 4.69) is 0 Å². The van der Waals surface area contributed by atoms with Gasteiger partial charge in [-0.05, 0) is 31.5 Å². The quantitative estimate of drug-likeness (QED) is 0.808. The van der Waals surface area contributed by atoms with Gasteiger partial charge in [0.2, 0.25) is 0 Å². The Kier molecular flexibility index (Phi) is 2.20. The highest BCUT2D eigenvalue weighted by atomic mass is 35.5. The van der Waals surface area contributed by atoms with Crippen molar-refractivity contribution in [3.63, 3.8) is 0 Å². The molecule has 78 valence electrons. The highest BCUT2D eigenvalue weighted by molar-refractivity contribution is 6.35. The molecule has 1 aromatic carbocycles. The third-order valence-electron chi connectivity index (χ3n) is 2.48. The second-order valence-electron chi connectivity index (χ2n) is 3.42. The predicted octanol–water partition coefficient (Wildman–Crippen LogP) is 3.40. The molecule has 0 radical (unpaired) electrons. The van der Waals surface area contributed by atoms with E-state index in [1.54, 1.807) is 6.07 Å². The topological polar surface area (TPSA) is 50.4 Å². The lowest BCUT2D eigenvalue weighted by Gasteiger charge is -1.97. The predicted molar refractivity (Wildman–Crippen MR) is 57.7 cm³/mol. The van der Waals surface area contributed by atoms with Gasteiger partial charge in [0.05, 0.1) is 10.6 Å². The molecule has 0 aliphatic heterocycles. The molecule has 1 N–H and O–H groups in total. The molecule has 0 aliphatic rings. The Balaban J connectivity index is 2.85. The van der Waals surface area contributed by atoms with E-state index < -0.39 is 5.97 Å². The summed E-state index contributed by atoms with van der Waals surface area (Å²) in [5, 5.41) is 9.97. The molecular formula is C11H9ClO3. The number of fused-ring (bicyclic) bond motifs is 1. The van der Waals surface area contributed by atoms with E-state index in [1.165, 1.54) is 6.07 Å². The van der Waals surface area contributed by atoms with Crippen LogP contribution in [0.25, 0.3) is 11.0 Å². The Hall–Kier alpha value is -1.48. The van der Waals surface area contributed by atoms with Crippen molar-refractivity contribution in [3.05, 3.63) is 34.0 Å². The molecule has 2 aromatic rings. The zero-order valence-corrected chi connectivity index (χ0v) is 9.05. The van der Waals surface area contributed by atoms with Gasteiger partial charge in [-0.1, -0.05) is 11.6 Å². The summed E-state index contributed by atoms with van der Waals surface area (Å²) in [6, 6.07) is 2.98. The summed E-state index contributed by atoms with van der Waals surface area (Å²) in [4.78, 5) is 10.8. The Morgan fingerprint density at radius 1 is 1.40 bits per heavy atom. The van der Waals surface area contributed by atoms with Crippen molar-refractivity contribution >= 4 is 28.5 Å². The molecule has 15 heavy (non-hydrogen) atoms. The first-order chi connectivity index (χ1) is 7.00. The Morgan fingerprint density at radius 2 is 2.07 bits per heavy atom. The summed E-state index contributed by atoms with van der Waals surface area (Å²) < 4.78 is 5.44. The molecule has 0 saturated heterocycles. The third kappa shape index (κ3) is 1.49. The Bertz CT molecular complexity index is 554. The Morgan fingerprint density at radius 3 is 2.67 bits per heavy atom. The monoisotopic (exact) mass is 224 g/mol. The number of aromatic carboxylic acids is 1. The van der Waals surface area contributed by atoms with Gasteiger partial charge in [-0.15, -0.1) is 0 Å². The highest BCUT2D eigenvalue weighted by Crippen LogP contribution is 2.31. The molecule has 1 heterocycles. The van der Waals surface area contributed by atoms with Crippen molar-refractivity contribution in [1.29, 1.82) is 0 Å². The number of furan rings is 1. The van der Waals surface area contributed by atoms with Crippen molar-refractivity contribution in [1.82, 2.24) is 0 Å². The lowest BCUT2D eigenvalue weighted by molar-refractivity contribution is 0.0697. The lowest BCUT2D eigenvalue weighted by Crippen LogP contribution is -1.95. The average molecular weight is 225 g/mol. The summed E-state index contributed by atoms with van der Waals surface area (Å²) in [6.07, 6.45) is 0. The summed E-state index contributed by atoms with van der Waals surface area (Å²) in [5.41, 5.74) is 1.66. The number of benzene rings is 1. The van der Waals surface area contributed by atoms with Crippen molar-refractivity contribution < 1.29 is 14.3 Å². The number of carboxylic acids is 1. The first-order valence-corrected chi connectivity index (χ1v) is 4.81. The first-order valence-electron chi connectivity index (χ1n) is 4.43. The largest absolute Gasteiger partial charge is 0.478 e. The molecule has 0 bridgehead atoms. The zero-order valence-electron chi connectivity index (χ0n) is 8.30. The molecule has 0 saturated carbocycles. The van der Waals surface area contributed by atoms with Gasteiger partial charge < -0.3 is 9.52 Å². The average Bonchev–Trinajstić information content (AvgIpc) is 2.45. The smallest absolute Gasteiger partial charge is 0.335 e. The van der Waals surface area contributed by atoms with E-state index in [1.807, 2.05) is 13.8 Å². The van der Waals surface area contributed by atoms with Gasteiger partial charge in [-0.25, -0.2) is 4.79 Å². The van der Waals surface area contributed by atoms with Crippen molar-refractivity contribution in [2.24, 2.45) is 0 Å². The van der Waals surface area contributed by atoms with Crippen LogP contribution in [0.3, 0.4) is 0 Å². The second-order valence-corrected chi connectivity index (χ2v) is 3.83. The molecule has 0 amide bonds. The molecular weight excluding hydrogens is 216 g/mol. The van der Waals surface area contributed by atoms with Gasteiger partial charge in [0.1, 0.15) is 5.76 Å². The number of halogens is 1. The van der Waals surface area contributed by atoms with Crippen LogP contribution in [0.4, 0.5) is 0 Å². The van der Waals surface area contributed by atoms with Crippen LogP contribution in [0.15, 0.2) is 16.5 Å². The lowest BCUT2D eigenvalue weighted by atomic mass is 10.1. The number of carboxylic acid groups (broad SMARTS) is 1. The standard InChI is InChI=1S/C11H9ClO3/c1-5-6(2)15-10-8(5)3-7(11(13)14)4-9(10)12/h3-4H,1-2H3,(H,13,14). The molecule has 1 aromatic heterocycles. The fourth-order valence-corrected chi connectivity index (χ4v) is 1.78. The minimum atomic E-state index is -0.989. The SMILES string of the molecule is Cc1oc2c(Cl)cc(C(=O)O)cc2c1C. The summed E-state index contributed by atoms with van der Waals surface area (Å²) in [6.45, 7) is 3.70. The van der Waals surface area contributed by atoms with Crippen LogP contribution >= 0.6 is 11.6 Å². The van der Waals surface area contributed by atoms with Gasteiger partial charge in [-0.3, -0.25) is 0 Å². The van der Waals surface area contributed by atoms with E-state index in [0.717, 1.165) is 16.7 Å². The summed E-state index contributed by atoms with van der Waals surface area (Å²) >= 11 is 5.93. The normalized spacial score (nSPS) is 10.9. The van der Waals surface area contributed by atoms with E-state index in [-0.39, 0.29) is 5.56 Å². The molecule has 2 rings (SSSR count). The van der Waals surface area contributed by atoms with Crippen LogP contribution in [-0.4, -0.2) is 11.1 Å². The molecule has 0 atom stereocenters. The van der Waals surface area contributed by atoms with Gasteiger partial charge in [0.15, 0.2) is 5.58 Å². The van der Waals surface area contributed by atoms with Crippen LogP contribution < -0.4 is 0 Å². The maximum Gasteiger partial charge on any atom is 0.335 e. The van der Waals surface area contributed by atoms with Crippen LogP contribution in [0.1, 0.15) is 21.7 Å². The van der Waals surface area contributed by atoms with Gasteiger partial charge in [0.25, 0.3) is 0 Å². The number of hydrogen-bond acceptors (Lipinski definition) is 2. The molecule has 0 fully saturated rings. The fourth-order valence-electron chi connectivity index (χ4n) is 1.52. The van der Waals surface area contributed by atoms with Gasteiger partial charge >= 0.3 is 5.97 Å². The van der Waals surface area contributed by atoms with E-state index in [9.17, 15) is 4.79 Å². The van der Waals surface area contributed by atoms with Gasteiger partial charge in [0, 0.05) is 5.39 Å².